The van der Waals surface area contributed by atoms with E-state index in [4.69, 9.17) is 4.18 Å². The van der Waals surface area contributed by atoms with Crippen molar-refractivity contribution in [3.63, 3.8) is 0 Å². The van der Waals surface area contributed by atoms with E-state index in [2.05, 4.69) is 25.9 Å². The normalized spacial score (nSPS) is 11.4. The second-order valence-corrected chi connectivity index (χ2v) is 7.15. The average molecular weight is 393 g/mol. The molecule has 0 unspecified atom stereocenters. The van der Waals surface area contributed by atoms with Gasteiger partial charge in [0.25, 0.3) is 0 Å². The fourth-order valence-corrected chi connectivity index (χ4v) is 3.16. The summed E-state index contributed by atoms with van der Waals surface area (Å²) in [5.41, 5.74) is 0.552. The highest BCUT2D eigenvalue weighted by molar-refractivity contribution is 9.10. The molecule has 0 saturated carbocycles. The van der Waals surface area contributed by atoms with E-state index in [0.29, 0.717) is 15.3 Å². The second kappa shape index (κ2) is 6.29. The standard InChI is InChI=1S/C12H10BrFN2O3S2/c1-7-5-11(16-12(15-7)20-2)19-21(17,18)10-4-3-8(13)6-9(10)14/h3-6H,1-2H3. The molecule has 2 rings (SSSR count). The van der Waals surface area contributed by atoms with Crippen molar-refractivity contribution in [1.29, 1.82) is 0 Å². The van der Waals surface area contributed by atoms with E-state index in [1.165, 1.54) is 23.9 Å². The molecule has 0 aliphatic carbocycles. The van der Waals surface area contributed by atoms with Crippen LogP contribution in [0.2, 0.25) is 0 Å². The lowest BCUT2D eigenvalue weighted by Gasteiger charge is -2.08. The lowest BCUT2D eigenvalue weighted by Crippen LogP contribution is -2.13. The molecule has 1 aromatic carbocycles. The molecule has 21 heavy (non-hydrogen) atoms. The molecule has 0 spiro atoms. The minimum Gasteiger partial charge on any atom is -0.358 e. The van der Waals surface area contributed by atoms with Crippen molar-refractivity contribution < 1.29 is 17.0 Å². The van der Waals surface area contributed by atoms with E-state index in [1.54, 1.807) is 13.2 Å². The number of halogens is 2. The van der Waals surface area contributed by atoms with Gasteiger partial charge in [-0.2, -0.15) is 13.4 Å². The van der Waals surface area contributed by atoms with Crippen LogP contribution in [0.15, 0.2) is 38.8 Å². The summed E-state index contributed by atoms with van der Waals surface area (Å²) in [7, 11) is -4.30. The van der Waals surface area contributed by atoms with Crippen LogP contribution >= 0.6 is 27.7 Å². The lowest BCUT2D eigenvalue weighted by atomic mass is 10.3. The maximum Gasteiger partial charge on any atom is 0.343 e. The van der Waals surface area contributed by atoms with E-state index >= 15 is 0 Å². The number of hydrogen-bond acceptors (Lipinski definition) is 6. The molecule has 0 radical (unpaired) electrons. The predicted octanol–water partition coefficient (Wildman–Crippen LogP) is 3.18. The Bertz CT molecular complexity index is 784. The van der Waals surface area contributed by atoms with Crippen LogP contribution in [0.25, 0.3) is 0 Å². The maximum absolute atomic E-state index is 13.7. The molecule has 0 amide bonds. The SMILES string of the molecule is CSc1nc(C)cc(OS(=O)(=O)c2ccc(Br)cc2F)n1. The fourth-order valence-electron chi connectivity index (χ4n) is 1.48. The highest BCUT2D eigenvalue weighted by Crippen LogP contribution is 2.23. The van der Waals surface area contributed by atoms with Crippen LogP contribution in [0.4, 0.5) is 4.39 Å². The largest absolute Gasteiger partial charge is 0.358 e. The Labute approximate surface area is 134 Å². The smallest absolute Gasteiger partial charge is 0.343 e. The molecule has 1 aromatic heterocycles. The Balaban J connectivity index is 2.39. The van der Waals surface area contributed by atoms with Gasteiger partial charge in [0, 0.05) is 16.2 Å². The molecule has 0 N–H and O–H groups in total. The quantitative estimate of drug-likeness (QED) is 0.452. The minimum atomic E-state index is -4.30. The highest BCUT2D eigenvalue weighted by Gasteiger charge is 2.22. The molecular formula is C12H10BrFN2O3S2. The zero-order chi connectivity index (χ0) is 15.6. The van der Waals surface area contributed by atoms with Crippen molar-refractivity contribution in [1.82, 2.24) is 9.97 Å². The lowest BCUT2D eigenvalue weighted by molar-refractivity contribution is 0.463. The number of hydrogen-bond donors (Lipinski definition) is 0. The van der Waals surface area contributed by atoms with Crippen LogP contribution in [0.3, 0.4) is 0 Å². The first-order valence-electron chi connectivity index (χ1n) is 5.61. The van der Waals surface area contributed by atoms with Crippen molar-refractivity contribution in [2.45, 2.75) is 17.0 Å². The van der Waals surface area contributed by atoms with Crippen LogP contribution in [-0.4, -0.2) is 24.6 Å². The van der Waals surface area contributed by atoms with E-state index in [1.807, 2.05) is 0 Å². The molecule has 0 atom stereocenters. The van der Waals surface area contributed by atoms with Gasteiger partial charge < -0.3 is 4.18 Å². The van der Waals surface area contributed by atoms with E-state index in [-0.39, 0.29) is 5.88 Å². The molecule has 0 fully saturated rings. The molecular weight excluding hydrogens is 383 g/mol. The van der Waals surface area contributed by atoms with Gasteiger partial charge in [0.15, 0.2) is 5.16 Å². The molecule has 112 valence electrons. The third-order valence-electron chi connectivity index (χ3n) is 2.35. The Kier molecular flexibility index (Phi) is 4.84. The van der Waals surface area contributed by atoms with Crippen molar-refractivity contribution in [3.05, 3.63) is 40.2 Å². The number of nitrogens with zero attached hydrogens (tertiary/aromatic N) is 2. The zero-order valence-electron chi connectivity index (χ0n) is 11.0. The van der Waals surface area contributed by atoms with Crippen LogP contribution in [0, 0.1) is 12.7 Å². The van der Waals surface area contributed by atoms with Gasteiger partial charge >= 0.3 is 10.1 Å². The van der Waals surface area contributed by atoms with E-state index < -0.39 is 20.8 Å². The van der Waals surface area contributed by atoms with Crippen LogP contribution in [0.1, 0.15) is 5.69 Å². The third kappa shape index (κ3) is 3.92. The van der Waals surface area contributed by atoms with Gasteiger partial charge in [-0.1, -0.05) is 27.7 Å². The second-order valence-electron chi connectivity index (χ2n) is 3.95. The van der Waals surface area contributed by atoms with Gasteiger partial charge in [-0.05, 0) is 31.4 Å². The molecule has 9 heteroatoms. The molecule has 2 aromatic rings. The first kappa shape index (κ1) is 16.2. The Morgan fingerprint density at radius 1 is 1.29 bits per heavy atom. The van der Waals surface area contributed by atoms with Crippen LogP contribution < -0.4 is 4.18 Å². The molecule has 0 aliphatic rings. The van der Waals surface area contributed by atoms with Crippen molar-refractivity contribution in [3.8, 4) is 5.88 Å². The van der Waals surface area contributed by atoms with Gasteiger partial charge in [0.05, 0.1) is 0 Å². The first-order chi connectivity index (χ1) is 9.81. The van der Waals surface area contributed by atoms with Gasteiger partial charge in [-0.25, -0.2) is 9.37 Å². The fraction of sp³-hybridized carbons (Fsp3) is 0.167. The van der Waals surface area contributed by atoms with E-state index in [0.717, 1.165) is 12.1 Å². The maximum atomic E-state index is 13.7. The van der Waals surface area contributed by atoms with E-state index in [9.17, 15) is 12.8 Å². The van der Waals surface area contributed by atoms with Gasteiger partial charge in [-0.15, -0.1) is 0 Å². The molecule has 5 nitrogen and oxygen atoms in total. The van der Waals surface area contributed by atoms with Gasteiger partial charge in [0.2, 0.25) is 5.88 Å². The Hall–Kier alpha value is -1.19. The van der Waals surface area contributed by atoms with Gasteiger partial charge in [-0.3, -0.25) is 0 Å². The highest BCUT2D eigenvalue weighted by atomic mass is 79.9. The van der Waals surface area contributed by atoms with Crippen molar-refractivity contribution >= 4 is 37.8 Å². The Morgan fingerprint density at radius 2 is 2.00 bits per heavy atom. The minimum absolute atomic E-state index is 0.144. The number of rotatable bonds is 4. The molecule has 0 aliphatic heterocycles. The predicted molar refractivity (Wildman–Crippen MR) is 80.5 cm³/mol. The number of aryl methyl sites for hydroxylation is 1. The summed E-state index contributed by atoms with van der Waals surface area (Å²) in [6.07, 6.45) is 1.75. The molecule has 0 bridgehead atoms. The van der Waals surface area contributed by atoms with Crippen LogP contribution in [-0.2, 0) is 10.1 Å². The summed E-state index contributed by atoms with van der Waals surface area (Å²) in [5.74, 6) is -1.05. The first-order valence-corrected chi connectivity index (χ1v) is 9.03. The molecule has 1 heterocycles. The number of thioether (sulfide) groups is 1. The number of aromatic nitrogens is 2. The summed E-state index contributed by atoms with van der Waals surface area (Å²) in [5, 5.41) is 0.372. The summed E-state index contributed by atoms with van der Waals surface area (Å²) >= 11 is 4.31. The molecule has 0 saturated heterocycles. The topological polar surface area (TPSA) is 69.2 Å². The van der Waals surface area contributed by atoms with Gasteiger partial charge in [0.1, 0.15) is 10.7 Å². The zero-order valence-corrected chi connectivity index (χ0v) is 14.2. The van der Waals surface area contributed by atoms with Crippen LogP contribution in [0.5, 0.6) is 5.88 Å². The average Bonchev–Trinajstić information content (AvgIpc) is 2.36. The van der Waals surface area contributed by atoms with Crippen molar-refractivity contribution in [2.75, 3.05) is 6.26 Å². The summed E-state index contributed by atoms with van der Waals surface area (Å²) < 4.78 is 43.3. The Morgan fingerprint density at radius 3 is 2.62 bits per heavy atom. The summed E-state index contributed by atoms with van der Waals surface area (Å²) in [6.45, 7) is 1.68. The number of benzene rings is 1. The summed E-state index contributed by atoms with van der Waals surface area (Å²) in [6, 6.07) is 4.96. The third-order valence-corrected chi connectivity index (χ3v) is 4.65. The van der Waals surface area contributed by atoms with Crippen molar-refractivity contribution in [2.24, 2.45) is 0 Å². The summed E-state index contributed by atoms with van der Waals surface area (Å²) in [4.78, 5) is 7.46. The monoisotopic (exact) mass is 392 g/mol.